The van der Waals surface area contributed by atoms with Crippen LogP contribution in [0, 0.1) is 6.92 Å². The fourth-order valence-corrected chi connectivity index (χ4v) is 4.13. The van der Waals surface area contributed by atoms with Gasteiger partial charge in [-0.15, -0.1) is 11.3 Å². The molecule has 7 nitrogen and oxygen atoms in total. The molecule has 3 heterocycles. The van der Waals surface area contributed by atoms with E-state index in [0.717, 1.165) is 31.8 Å². The van der Waals surface area contributed by atoms with E-state index in [4.69, 9.17) is 15.7 Å². The molecule has 4 aromatic rings. The van der Waals surface area contributed by atoms with E-state index in [2.05, 4.69) is 27.4 Å². The molecule has 3 N–H and O–H groups in total. The zero-order valence-electron chi connectivity index (χ0n) is 13.6. The molecule has 126 valence electrons. The van der Waals surface area contributed by atoms with E-state index in [9.17, 15) is 0 Å². The van der Waals surface area contributed by atoms with Crippen LogP contribution < -0.4 is 10.5 Å². The number of aryl methyl sites for hydroxylation is 1. The number of anilines is 1. The first-order chi connectivity index (χ1) is 12.1. The predicted molar refractivity (Wildman–Crippen MR) is 98.9 cm³/mol. The molecule has 8 heteroatoms. The third-order valence-electron chi connectivity index (χ3n) is 4.01. The predicted octanol–water partition coefficient (Wildman–Crippen LogP) is 3.32. The molecule has 0 aliphatic heterocycles. The number of nitrogens with zero attached hydrogens (tertiary/aromatic N) is 4. The molecule has 0 unspecified atom stereocenters. The molecule has 4 rings (SSSR count). The number of thiophene rings is 1. The Kier molecular flexibility index (Phi) is 3.54. The molecule has 0 saturated heterocycles. The number of nitrogen functional groups attached to an aromatic ring is 1. The van der Waals surface area contributed by atoms with Gasteiger partial charge in [0.05, 0.1) is 23.7 Å². The van der Waals surface area contributed by atoms with Crippen molar-refractivity contribution in [1.29, 1.82) is 0 Å². The van der Waals surface area contributed by atoms with E-state index < -0.39 is 0 Å². The summed E-state index contributed by atoms with van der Waals surface area (Å²) in [6.07, 6.45) is 2.69. The highest BCUT2D eigenvalue weighted by atomic mass is 32.1. The van der Waals surface area contributed by atoms with Gasteiger partial charge in [-0.2, -0.15) is 5.10 Å². The average molecular weight is 353 g/mol. The molecule has 3 aromatic heterocycles. The first-order valence-corrected chi connectivity index (χ1v) is 8.32. The standard InChI is InChI=1S/C17H15N5O2S/c1-9-3-10-5-14(25-16(10)13(4-9)24-2)12-6-11(7-21-23)22-15(12)17(18)19-8-20-22/h3-8,23H,1-2H3,(H2,18,19,20). The van der Waals surface area contributed by atoms with Crippen LogP contribution in [0.2, 0.25) is 0 Å². The first-order valence-electron chi connectivity index (χ1n) is 7.50. The molecule has 0 saturated carbocycles. The maximum atomic E-state index is 8.91. The molecule has 0 radical (unpaired) electrons. The summed E-state index contributed by atoms with van der Waals surface area (Å²) in [5, 5.41) is 17.3. The highest BCUT2D eigenvalue weighted by molar-refractivity contribution is 7.22. The molecule has 0 bridgehead atoms. The summed E-state index contributed by atoms with van der Waals surface area (Å²) in [5.41, 5.74) is 9.39. The summed E-state index contributed by atoms with van der Waals surface area (Å²) >= 11 is 1.61. The van der Waals surface area contributed by atoms with E-state index in [1.54, 1.807) is 23.0 Å². The van der Waals surface area contributed by atoms with Gasteiger partial charge in [-0.3, -0.25) is 0 Å². The van der Waals surface area contributed by atoms with E-state index in [0.29, 0.717) is 17.0 Å². The molecule has 0 amide bonds. The highest BCUT2D eigenvalue weighted by Crippen LogP contribution is 2.41. The molecule has 0 aliphatic carbocycles. The Bertz CT molecular complexity index is 1130. The number of ether oxygens (including phenoxy) is 1. The van der Waals surface area contributed by atoms with Crippen LogP contribution in [-0.4, -0.2) is 33.1 Å². The second kappa shape index (κ2) is 5.75. The van der Waals surface area contributed by atoms with Crippen LogP contribution in [0.1, 0.15) is 11.3 Å². The number of hydrogen-bond donors (Lipinski definition) is 2. The lowest BCUT2D eigenvalue weighted by molar-refractivity contribution is 0.321. The number of methoxy groups -OCH3 is 1. The van der Waals surface area contributed by atoms with Crippen LogP contribution in [0.25, 0.3) is 26.0 Å². The maximum Gasteiger partial charge on any atom is 0.152 e. The van der Waals surface area contributed by atoms with Crippen LogP contribution in [-0.2, 0) is 0 Å². The molecular weight excluding hydrogens is 338 g/mol. The van der Waals surface area contributed by atoms with Crippen molar-refractivity contribution in [2.75, 3.05) is 12.8 Å². The Morgan fingerprint density at radius 1 is 1.32 bits per heavy atom. The van der Waals surface area contributed by atoms with Crippen molar-refractivity contribution in [3.8, 4) is 16.2 Å². The Morgan fingerprint density at radius 2 is 2.16 bits per heavy atom. The normalized spacial score (nSPS) is 11.8. The number of hydrogen-bond acceptors (Lipinski definition) is 7. The van der Waals surface area contributed by atoms with Gasteiger partial charge in [0.25, 0.3) is 0 Å². The smallest absolute Gasteiger partial charge is 0.152 e. The number of rotatable bonds is 3. The van der Waals surface area contributed by atoms with Crippen molar-refractivity contribution < 1.29 is 9.94 Å². The zero-order chi connectivity index (χ0) is 17.6. The number of nitrogens with two attached hydrogens (primary N) is 1. The number of fused-ring (bicyclic) bond motifs is 2. The second-order valence-corrected chi connectivity index (χ2v) is 6.68. The van der Waals surface area contributed by atoms with Gasteiger partial charge in [0.1, 0.15) is 17.6 Å². The average Bonchev–Trinajstić information content (AvgIpc) is 3.17. The minimum atomic E-state index is 0.364. The summed E-state index contributed by atoms with van der Waals surface area (Å²) in [4.78, 5) is 5.10. The summed E-state index contributed by atoms with van der Waals surface area (Å²) in [6.45, 7) is 2.04. The van der Waals surface area contributed by atoms with Gasteiger partial charge in [0.2, 0.25) is 0 Å². The van der Waals surface area contributed by atoms with Gasteiger partial charge < -0.3 is 15.7 Å². The zero-order valence-corrected chi connectivity index (χ0v) is 14.4. The number of aromatic nitrogens is 3. The van der Waals surface area contributed by atoms with Crippen molar-refractivity contribution in [2.45, 2.75) is 6.92 Å². The lowest BCUT2D eigenvalue weighted by Crippen LogP contribution is -2.01. The lowest BCUT2D eigenvalue weighted by Gasteiger charge is -2.02. The van der Waals surface area contributed by atoms with Gasteiger partial charge in [0, 0.05) is 10.4 Å². The van der Waals surface area contributed by atoms with Gasteiger partial charge >= 0.3 is 0 Å². The van der Waals surface area contributed by atoms with Gasteiger partial charge in [0.15, 0.2) is 5.82 Å². The van der Waals surface area contributed by atoms with Crippen LogP contribution in [0.3, 0.4) is 0 Å². The van der Waals surface area contributed by atoms with Gasteiger partial charge in [-0.1, -0.05) is 11.2 Å². The lowest BCUT2D eigenvalue weighted by atomic mass is 10.1. The van der Waals surface area contributed by atoms with Crippen LogP contribution >= 0.6 is 11.3 Å². The molecular formula is C17H15N5O2S. The van der Waals surface area contributed by atoms with Crippen molar-refractivity contribution in [3.05, 3.63) is 41.9 Å². The summed E-state index contributed by atoms with van der Waals surface area (Å²) in [7, 11) is 1.67. The molecule has 25 heavy (non-hydrogen) atoms. The summed E-state index contributed by atoms with van der Waals surface area (Å²) < 4.78 is 8.19. The molecule has 0 aliphatic rings. The first kappa shape index (κ1) is 15.4. The quantitative estimate of drug-likeness (QED) is 0.334. The Labute approximate surface area is 147 Å². The second-order valence-electron chi connectivity index (χ2n) is 5.63. The fourth-order valence-electron chi connectivity index (χ4n) is 2.98. The van der Waals surface area contributed by atoms with Gasteiger partial charge in [-0.25, -0.2) is 9.50 Å². The Morgan fingerprint density at radius 3 is 2.92 bits per heavy atom. The van der Waals surface area contributed by atoms with E-state index >= 15 is 0 Å². The van der Waals surface area contributed by atoms with Gasteiger partial charge in [-0.05, 0) is 36.1 Å². The summed E-state index contributed by atoms with van der Waals surface area (Å²) in [5.74, 6) is 1.21. The van der Waals surface area contributed by atoms with E-state index in [1.807, 2.05) is 19.1 Å². The molecule has 0 spiro atoms. The van der Waals surface area contributed by atoms with E-state index in [1.165, 1.54) is 12.5 Å². The molecule has 0 atom stereocenters. The number of oxime groups is 1. The molecule has 1 aromatic carbocycles. The summed E-state index contributed by atoms with van der Waals surface area (Å²) in [6, 6.07) is 8.11. The third-order valence-corrected chi connectivity index (χ3v) is 5.21. The molecule has 0 fully saturated rings. The fraction of sp³-hybridized carbons (Fsp3) is 0.118. The minimum Gasteiger partial charge on any atom is -0.495 e. The monoisotopic (exact) mass is 353 g/mol. The van der Waals surface area contributed by atoms with E-state index in [-0.39, 0.29) is 0 Å². The van der Waals surface area contributed by atoms with Crippen molar-refractivity contribution in [2.24, 2.45) is 5.16 Å². The third kappa shape index (κ3) is 2.38. The Balaban J connectivity index is 2.03. The van der Waals surface area contributed by atoms with Crippen molar-refractivity contribution in [1.82, 2.24) is 14.6 Å². The highest BCUT2D eigenvalue weighted by Gasteiger charge is 2.17. The number of benzene rings is 1. The topological polar surface area (TPSA) is 98.0 Å². The largest absolute Gasteiger partial charge is 0.495 e. The maximum absolute atomic E-state index is 8.91. The van der Waals surface area contributed by atoms with Crippen LogP contribution in [0.15, 0.2) is 35.7 Å². The minimum absolute atomic E-state index is 0.364. The van der Waals surface area contributed by atoms with Crippen LogP contribution in [0.4, 0.5) is 5.82 Å². The van der Waals surface area contributed by atoms with Crippen molar-refractivity contribution >= 4 is 39.0 Å². The SMILES string of the molecule is COc1cc(C)cc2cc(-c3cc(C=NO)n4ncnc(N)c34)sc12. The van der Waals surface area contributed by atoms with Crippen molar-refractivity contribution in [3.63, 3.8) is 0 Å². The van der Waals surface area contributed by atoms with Crippen LogP contribution in [0.5, 0.6) is 5.75 Å². The Hall–Kier alpha value is -3.13.